The van der Waals surface area contributed by atoms with E-state index in [4.69, 9.17) is 42.2 Å². The standard InChI is InChI=1S/C65H124N2O19P2/c1-7-11-15-19-22-25-26-27-28-29-30-32-34-38-42-46-55(69)66-58-61(81-49-47-53(78-5)45-41-36-18-14-10-4)62(85-87(72,73)74)65(79-6)84-63(58)82-51-54-59(71)60(80-48-43-39-35-24-21-17-13-9-3)57(64(83-54)86-88(75,76)77)67-56(70)50-52(68)44-40-37-33-31-23-20-16-12-8-2/h25-26,53-54,57-65,71H,7-24,27-51H2,1-6H3,(H,66,69)(H,67,70)(H2,72,73,74)(H2,75,76,77)/b26-25-/t53?,54-,57-,58-,59-,60-,61-,62+,63-,64-,65+/m1/s1. The van der Waals surface area contributed by atoms with Crippen LogP contribution in [-0.4, -0.2) is 144 Å². The Morgan fingerprint density at radius 3 is 1.45 bits per heavy atom. The van der Waals surface area contributed by atoms with Crippen molar-refractivity contribution >= 4 is 33.2 Å². The minimum atomic E-state index is -5.39. The van der Waals surface area contributed by atoms with Gasteiger partial charge in [-0.25, -0.2) is 9.13 Å². The lowest BCUT2D eigenvalue weighted by molar-refractivity contribution is -0.334. The monoisotopic (exact) mass is 1300 g/mol. The average Bonchev–Trinajstić information content (AvgIpc) is 3.35. The van der Waals surface area contributed by atoms with Gasteiger partial charge in [0.15, 0.2) is 18.9 Å². The fraction of sp³-hybridized carbons (Fsp3) is 0.923. The van der Waals surface area contributed by atoms with Crippen LogP contribution in [0.3, 0.4) is 0 Å². The Morgan fingerprint density at radius 1 is 0.477 bits per heavy atom. The van der Waals surface area contributed by atoms with Crippen LogP contribution in [0, 0.1) is 0 Å². The molecule has 0 aromatic rings. The molecule has 2 rings (SSSR count). The molecule has 23 heteroatoms. The van der Waals surface area contributed by atoms with Crippen molar-refractivity contribution < 1.29 is 90.4 Å². The van der Waals surface area contributed by atoms with Crippen molar-refractivity contribution in [2.45, 2.75) is 352 Å². The molecular formula is C65H124N2O19P2. The minimum absolute atomic E-state index is 0.00824. The summed E-state index contributed by atoms with van der Waals surface area (Å²) in [7, 11) is -7.84. The summed E-state index contributed by atoms with van der Waals surface area (Å²) >= 11 is 0. The van der Waals surface area contributed by atoms with Gasteiger partial charge in [-0.2, -0.15) is 0 Å². The highest BCUT2D eigenvalue weighted by molar-refractivity contribution is 7.46. The zero-order valence-electron chi connectivity index (χ0n) is 55.3. The topological polar surface area (TPSA) is 294 Å². The SMILES string of the molecule is CCCCCC/C=C\CCCCCCCCCC(=O)N[C@H]1[C@H](OC[C@H]2O[C@H](OP(=O)(O)O)[C@H](NC(=O)CC(=O)CCCCCCCCCCC)[C@@H](OCCCCCCCCCC)[C@@H]2O)O[C@H](OC)[C@@H](OP(=O)(O)O)[C@@H]1OCCC(CCCCCCC)OC. The number of unbranched alkanes of at least 4 members (excludes halogenated alkanes) is 30. The number of hydrogen-bond donors (Lipinski definition) is 7. The average molecular weight is 1300 g/mol. The number of hydrogen-bond acceptors (Lipinski definition) is 15. The van der Waals surface area contributed by atoms with Gasteiger partial charge in [-0.3, -0.25) is 23.4 Å². The smallest absolute Gasteiger partial charge is 0.388 e. The Balaban J connectivity index is 2.42. The van der Waals surface area contributed by atoms with Crippen LogP contribution in [0.4, 0.5) is 0 Å². The molecule has 11 atom stereocenters. The molecule has 518 valence electrons. The van der Waals surface area contributed by atoms with Crippen LogP contribution < -0.4 is 10.6 Å². The summed E-state index contributed by atoms with van der Waals surface area (Å²) in [6.07, 6.45) is 29.0. The van der Waals surface area contributed by atoms with E-state index in [0.29, 0.717) is 25.7 Å². The number of aliphatic hydroxyl groups is 1. The third-order valence-electron chi connectivity index (χ3n) is 16.6. The predicted octanol–water partition coefficient (Wildman–Crippen LogP) is 13.6. The summed E-state index contributed by atoms with van der Waals surface area (Å²) in [5.41, 5.74) is 0. The number of methoxy groups -OCH3 is 2. The van der Waals surface area contributed by atoms with E-state index in [2.05, 4.69) is 50.5 Å². The van der Waals surface area contributed by atoms with Gasteiger partial charge < -0.3 is 68.5 Å². The maximum Gasteiger partial charge on any atom is 0.472 e. The summed E-state index contributed by atoms with van der Waals surface area (Å²) in [5, 5.41) is 17.8. The molecule has 0 spiro atoms. The van der Waals surface area contributed by atoms with Crippen molar-refractivity contribution in [3.05, 3.63) is 12.2 Å². The van der Waals surface area contributed by atoms with Crippen molar-refractivity contribution in [2.75, 3.05) is 34.0 Å². The van der Waals surface area contributed by atoms with Gasteiger partial charge in [-0.15, -0.1) is 0 Å². The molecular weight excluding hydrogens is 1170 g/mol. The first-order chi connectivity index (χ1) is 42.4. The molecule has 21 nitrogen and oxygen atoms in total. The largest absolute Gasteiger partial charge is 0.472 e. The van der Waals surface area contributed by atoms with E-state index < -0.39 is 102 Å². The second-order valence-electron chi connectivity index (χ2n) is 24.4. The number of allylic oxidation sites excluding steroid dienone is 2. The van der Waals surface area contributed by atoms with E-state index in [9.17, 15) is 48.2 Å². The normalized spacial score (nSPS) is 23.0. The minimum Gasteiger partial charge on any atom is -0.388 e. The molecule has 2 amide bonds. The van der Waals surface area contributed by atoms with Crippen LogP contribution in [-0.2, 0) is 65.7 Å². The molecule has 0 bridgehead atoms. The van der Waals surface area contributed by atoms with Gasteiger partial charge >= 0.3 is 15.6 Å². The first-order valence-corrected chi connectivity index (χ1v) is 37.6. The third kappa shape index (κ3) is 39.7. The lowest BCUT2D eigenvalue weighted by Gasteiger charge is -2.47. The van der Waals surface area contributed by atoms with Crippen molar-refractivity contribution in [1.29, 1.82) is 0 Å². The zero-order chi connectivity index (χ0) is 64.7. The molecule has 2 aliphatic rings. The van der Waals surface area contributed by atoms with Gasteiger partial charge in [0.25, 0.3) is 0 Å². The van der Waals surface area contributed by atoms with Crippen molar-refractivity contribution in [3.63, 3.8) is 0 Å². The molecule has 0 aromatic heterocycles. The second-order valence-corrected chi connectivity index (χ2v) is 26.8. The fourth-order valence-electron chi connectivity index (χ4n) is 11.5. The Kier molecular flexibility index (Phi) is 48.3. The molecule has 0 aliphatic carbocycles. The van der Waals surface area contributed by atoms with E-state index in [1.54, 1.807) is 7.11 Å². The Hall–Kier alpha value is -1.75. The second kappa shape index (κ2) is 51.6. The first-order valence-electron chi connectivity index (χ1n) is 34.5. The highest BCUT2D eigenvalue weighted by atomic mass is 31.2. The van der Waals surface area contributed by atoms with E-state index in [1.165, 1.54) is 58.5 Å². The summed E-state index contributed by atoms with van der Waals surface area (Å²) in [6.45, 7) is 8.15. The van der Waals surface area contributed by atoms with Crippen LogP contribution in [0.15, 0.2) is 12.2 Å². The quantitative estimate of drug-likeness (QED) is 0.0129. The predicted molar refractivity (Wildman–Crippen MR) is 342 cm³/mol. The number of amides is 2. The number of ketones is 1. The molecule has 2 heterocycles. The number of phosphoric acid groups is 2. The molecule has 88 heavy (non-hydrogen) atoms. The molecule has 2 saturated heterocycles. The number of aliphatic hydroxyl groups excluding tert-OH is 1. The van der Waals surface area contributed by atoms with Gasteiger partial charge in [0.05, 0.1) is 19.1 Å². The fourth-order valence-corrected chi connectivity index (χ4v) is 12.5. The molecule has 0 radical (unpaired) electrons. The van der Waals surface area contributed by atoms with E-state index in [-0.39, 0.29) is 37.9 Å². The van der Waals surface area contributed by atoms with E-state index >= 15 is 0 Å². The Morgan fingerprint density at radius 2 is 0.932 bits per heavy atom. The summed E-state index contributed by atoms with van der Waals surface area (Å²) < 4.78 is 78.8. The number of carbonyl (C=O) groups is 3. The highest BCUT2D eigenvalue weighted by Gasteiger charge is 2.53. The molecule has 2 fully saturated rings. The van der Waals surface area contributed by atoms with Crippen molar-refractivity contribution in [1.82, 2.24) is 10.6 Å². The maximum atomic E-state index is 14.1. The summed E-state index contributed by atoms with van der Waals surface area (Å²) in [5.74, 6) is -1.54. The zero-order valence-corrected chi connectivity index (χ0v) is 57.0. The van der Waals surface area contributed by atoms with E-state index in [1.807, 2.05) is 0 Å². The Bertz CT molecular complexity index is 1880. The molecule has 7 N–H and O–H groups in total. The van der Waals surface area contributed by atoms with Crippen LogP contribution in [0.1, 0.15) is 285 Å². The van der Waals surface area contributed by atoms with Crippen LogP contribution in [0.2, 0.25) is 0 Å². The van der Waals surface area contributed by atoms with Crippen molar-refractivity contribution in [3.8, 4) is 0 Å². The number of rotatable bonds is 58. The van der Waals surface area contributed by atoms with Gasteiger partial charge in [-0.05, 0) is 57.8 Å². The lowest BCUT2D eigenvalue weighted by Crippen LogP contribution is -2.67. The van der Waals surface area contributed by atoms with Crippen LogP contribution >= 0.6 is 15.6 Å². The molecule has 0 saturated carbocycles. The number of ether oxygens (including phenoxy) is 7. The van der Waals surface area contributed by atoms with Crippen LogP contribution in [0.25, 0.3) is 0 Å². The first kappa shape index (κ1) is 82.3. The summed E-state index contributed by atoms with van der Waals surface area (Å²) in [6, 6.07) is -2.86. The number of Topliss-reactive ketones (excluding diaryl/α,β-unsaturated/α-hetero) is 1. The van der Waals surface area contributed by atoms with Gasteiger partial charge in [0.1, 0.15) is 48.4 Å². The highest BCUT2D eigenvalue weighted by Crippen LogP contribution is 2.44. The maximum absolute atomic E-state index is 14.1. The number of nitrogens with one attached hydrogen (secondary N) is 2. The van der Waals surface area contributed by atoms with Gasteiger partial charge in [0.2, 0.25) is 11.8 Å². The Labute approximate surface area is 530 Å². The molecule has 1 unspecified atom stereocenters. The number of phosphoric ester groups is 2. The van der Waals surface area contributed by atoms with Crippen LogP contribution in [0.5, 0.6) is 0 Å². The van der Waals surface area contributed by atoms with Gasteiger partial charge in [0, 0.05) is 40.3 Å². The lowest BCUT2D eigenvalue weighted by atomic mass is 9.96. The molecule has 2 aliphatic heterocycles. The van der Waals surface area contributed by atoms with E-state index in [0.717, 1.165) is 161 Å². The molecule has 0 aromatic carbocycles. The van der Waals surface area contributed by atoms with Gasteiger partial charge in [-0.1, -0.05) is 220 Å². The third-order valence-corrected chi connectivity index (χ3v) is 17.6. The van der Waals surface area contributed by atoms with Crippen molar-refractivity contribution in [2.24, 2.45) is 0 Å². The number of carbonyl (C=O) groups excluding carboxylic acids is 3. The summed E-state index contributed by atoms with van der Waals surface area (Å²) in [4.78, 5) is 81.8.